The zero-order chi connectivity index (χ0) is 16.8. The summed E-state index contributed by atoms with van der Waals surface area (Å²) in [5, 5.41) is 0. The molecule has 0 saturated heterocycles. The van der Waals surface area contributed by atoms with E-state index in [4.69, 9.17) is 9.05 Å². The number of rotatable bonds is 7. The largest absolute Gasteiger partial charge is 0.465 e. The van der Waals surface area contributed by atoms with Gasteiger partial charge in [0, 0.05) is 5.82 Å². The fraction of sp³-hybridized carbons (Fsp3) is 0.438. The monoisotopic (exact) mass is 326 g/mol. The summed E-state index contributed by atoms with van der Waals surface area (Å²) in [5.41, 5.74) is 1.24. The molecule has 0 bridgehead atoms. The van der Waals surface area contributed by atoms with E-state index in [0.29, 0.717) is 5.56 Å². The first-order chi connectivity index (χ1) is 10.3. The smallest absolute Gasteiger partial charge is 0.354 e. The lowest BCUT2D eigenvalue weighted by Crippen LogP contribution is -2.06. The van der Waals surface area contributed by atoms with Crippen molar-refractivity contribution in [2.45, 2.75) is 39.9 Å². The lowest BCUT2D eigenvalue weighted by molar-refractivity contribution is 0.0600. The highest BCUT2D eigenvalue weighted by Crippen LogP contribution is 2.52. The van der Waals surface area contributed by atoms with Gasteiger partial charge in [0.05, 0.1) is 24.9 Å². The van der Waals surface area contributed by atoms with Crippen LogP contribution in [-0.2, 0) is 18.3 Å². The van der Waals surface area contributed by atoms with Crippen LogP contribution >= 0.6 is 7.60 Å². The number of carbonyl (C=O) groups is 1. The summed E-state index contributed by atoms with van der Waals surface area (Å²) in [4.78, 5) is 11.4. The Hall–Kier alpha value is -1.42. The second kappa shape index (κ2) is 8.28. The predicted molar refractivity (Wildman–Crippen MR) is 86.9 cm³/mol. The maximum Gasteiger partial charge on any atom is 0.354 e. The minimum atomic E-state index is -3.31. The molecule has 0 aliphatic heterocycles. The van der Waals surface area contributed by atoms with Crippen LogP contribution in [0.2, 0.25) is 0 Å². The Morgan fingerprint density at radius 3 is 1.95 bits per heavy atom. The Morgan fingerprint density at radius 2 is 1.55 bits per heavy atom. The third-order valence-electron chi connectivity index (χ3n) is 2.50. The minimum Gasteiger partial charge on any atom is -0.465 e. The Balaban J connectivity index is 2.90. The Bertz CT molecular complexity index is 546. The Morgan fingerprint density at radius 1 is 1.05 bits per heavy atom. The fourth-order valence-electron chi connectivity index (χ4n) is 1.71. The van der Waals surface area contributed by atoms with Crippen LogP contribution < -0.4 is 0 Å². The number of hydrogen-bond acceptors (Lipinski definition) is 5. The topological polar surface area (TPSA) is 61.8 Å². The van der Waals surface area contributed by atoms with Crippen molar-refractivity contribution >= 4 is 19.6 Å². The molecule has 0 spiro atoms. The van der Waals surface area contributed by atoms with Crippen LogP contribution in [0.15, 0.2) is 30.1 Å². The molecular weight excluding hydrogens is 303 g/mol. The van der Waals surface area contributed by atoms with Crippen LogP contribution in [0, 0.1) is 0 Å². The maximum atomic E-state index is 12.6. The molecule has 0 atom stereocenters. The van der Waals surface area contributed by atoms with Crippen molar-refractivity contribution in [1.82, 2.24) is 0 Å². The van der Waals surface area contributed by atoms with E-state index in [-0.39, 0.29) is 12.2 Å². The molecule has 0 unspecified atom stereocenters. The van der Waals surface area contributed by atoms with Crippen molar-refractivity contribution in [3.05, 3.63) is 41.2 Å². The summed E-state index contributed by atoms with van der Waals surface area (Å²) in [5.74, 6) is 1.05. The van der Waals surface area contributed by atoms with Gasteiger partial charge in [0.25, 0.3) is 0 Å². The minimum absolute atomic E-state index is 0.212. The summed E-state index contributed by atoms with van der Waals surface area (Å²) in [6.07, 6.45) is 1.24. The highest BCUT2D eigenvalue weighted by molar-refractivity contribution is 7.57. The van der Waals surface area contributed by atoms with Gasteiger partial charge in [-0.25, -0.2) is 4.79 Å². The van der Waals surface area contributed by atoms with E-state index in [0.717, 1.165) is 5.56 Å². The molecule has 0 radical (unpaired) electrons. The summed E-state index contributed by atoms with van der Waals surface area (Å²) in [7, 11) is -1.97. The molecule has 122 valence electrons. The van der Waals surface area contributed by atoms with Crippen molar-refractivity contribution in [2.75, 3.05) is 7.11 Å². The van der Waals surface area contributed by atoms with Crippen LogP contribution in [0.1, 0.15) is 43.6 Å². The van der Waals surface area contributed by atoms with E-state index >= 15 is 0 Å². The van der Waals surface area contributed by atoms with E-state index in [1.165, 1.54) is 12.9 Å². The molecule has 6 heteroatoms. The zero-order valence-electron chi connectivity index (χ0n) is 13.6. The van der Waals surface area contributed by atoms with Gasteiger partial charge < -0.3 is 13.8 Å². The maximum absolute atomic E-state index is 12.6. The SMILES string of the molecule is COC(=O)c1ccc(/C=C/P(=O)(OC(C)C)OC(C)C)cc1. The quantitative estimate of drug-likeness (QED) is 0.546. The van der Waals surface area contributed by atoms with Gasteiger partial charge in [-0.3, -0.25) is 4.57 Å². The third kappa shape index (κ3) is 6.14. The fourth-order valence-corrected chi connectivity index (χ4v) is 3.43. The van der Waals surface area contributed by atoms with Crippen LogP contribution in [0.25, 0.3) is 6.08 Å². The molecule has 0 aliphatic rings. The second-order valence-corrected chi connectivity index (χ2v) is 7.08. The summed E-state index contributed by atoms with van der Waals surface area (Å²) in [6, 6.07) is 6.75. The number of esters is 1. The van der Waals surface area contributed by atoms with Crippen LogP contribution in [0.3, 0.4) is 0 Å². The van der Waals surface area contributed by atoms with Crippen molar-refractivity contribution < 1.29 is 23.1 Å². The van der Waals surface area contributed by atoms with Gasteiger partial charge in [-0.1, -0.05) is 12.1 Å². The first-order valence-corrected chi connectivity index (χ1v) is 8.71. The molecule has 0 amide bonds. The molecule has 1 aromatic rings. The lowest BCUT2D eigenvalue weighted by atomic mass is 10.1. The van der Waals surface area contributed by atoms with Gasteiger partial charge in [0.2, 0.25) is 0 Å². The second-order valence-electron chi connectivity index (χ2n) is 5.28. The lowest BCUT2D eigenvalue weighted by Gasteiger charge is -2.19. The zero-order valence-corrected chi connectivity index (χ0v) is 14.5. The molecular formula is C16H23O5P. The van der Waals surface area contributed by atoms with Crippen molar-refractivity contribution in [2.24, 2.45) is 0 Å². The number of carbonyl (C=O) groups excluding carboxylic acids is 1. The molecule has 1 aromatic carbocycles. The van der Waals surface area contributed by atoms with E-state index in [9.17, 15) is 9.36 Å². The molecule has 22 heavy (non-hydrogen) atoms. The Kier molecular flexibility index (Phi) is 7.01. The molecule has 0 heterocycles. The summed E-state index contributed by atoms with van der Waals surface area (Å²) in [6.45, 7) is 7.20. The number of hydrogen-bond donors (Lipinski definition) is 0. The highest BCUT2D eigenvalue weighted by atomic mass is 31.2. The molecule has 0 N–H and O–H groups in total. The molecule has 0 saturated carbocycles. The van der Waals surface area contributed by atoms with Crippen molar-refractivity contribution in [3.8, 4) is 0 Å². The van der Waals surface area contributed by atoms with Gasteiger partial charge in [-0.05, 0) is 51.5 Å². The van der Waals surface area contributed by atoms with Crippen molar-refractivity contribution in [3.63, 3.8) is 0 Å². The van der Waals surface area contributed by atoms with Crippen LogP contribution in [-0.4, -0.2) is 25.3 Å². The predicted octanol–water partition coefficient (Wildman–Crippen LogP) is 4.49. The summed E-state index contributed by atoms with van der Waals surface area (Å²) >= 11 is 0. The van der Waals surface area contributed by atoms with Gasteiger partial charge >= 0.3 is 13.6 Å². The van der Waals surface area contributed by atoms with Gasteiger partial charge in [-0.2, -0.15) is 0 Å². The Labute approximate surface area is 131 Å². The highest BCUT2D eigenvalue weighted by Gasteiger charge is 2.24. The van der Waals surface area contributed by atoms with Crippen LogP contribution in [0.5, 0.6) is 0 Å². The summed E-state index contributed by atoms with van der Waals surface area (Å²) < 4.78 is 28.1. The normalized spacial score (nSPS) is 12.3. The number of benzene rings is 1. The molecule has 0 aliphatic carbocycles. The number of ether oxygens (including phenoxy) is 1. The average molecular weight is 326 g/mol. The van der Waals surface area contributed by atoms with Gasteiger partial charge in [0.1, 0.15) is 0 Å². The molecule has 1 rings (SSSR count). The van der Waals surface area contributed by atoms with Gasteiger partial charge in [-0.15, -0.1) is 0 Å². The van der Waals surface area contributed by atoms with Gasteiger partial charge in [0.15, 0.2) is 0 Å². The molecule has 0 aromatic heterocycles. The van der Waals surface area contributed by atoms with E-state index < -0.39 is 13.6 Å². The molecule has 0 fully saturated rings. The first-order valence-electron chi connectivity index (χ1n) is 7.10. The standard InChI is InChI=1S/C16H23O5P/c1-12(2)20-22(18,21-13(3)4)11-10-14-6-8-15(9-7-14)16(17)19-5/h6-13H,1-5H3/b11-10+. The van der Waals surface area contributed by atoms with E-state index in [1.54, 1.807) is 58.0 Å². The molecule has 5 nitrogen and oxygen atoms in total. The first kappa shape index (κ1) is 18.6. The third-order valence-corrected chi connectivity index (χ3v) is 4.44. The van der Waals surface area contributed by atoms with E-state index in [1.807, 2.05) is 0 Å². The average Bonchev–Trinajstić information content (AvgIpc) is 2.43. The number of methoxy groups -OCH3 is 1. The van der Waals surface area contributed by atoms with Crippen LogP contribution in [0.4, 0.5) is 0 Å². The van der Waals surface area contributed by atoms with E-state index in [2.05, 4.69) is 4.74 Å². The van der Waals surface area contributed by atoms with Crippen molar-refractivity contribution in [1.29, 1.82) is 0 Å².